The van der Waals surface area contributed by atoms with Crippen LogP contribution in [0, 0.1) is 0 Å². The molecule has 106 valence electrons. The Morgan fingerprint density at radius 2 is 1.84 bits per heavy atom. The molecule has 1 heterocycles. The molecule has 1 N–H and O–H groups in total. The maximum absolute atomic E-state index is 11.7. The number of hydrogen-bond acceptors (Lipinski definition) is 4. The number of unbranched alkanes of at least 4 members (excludes halogenated alkanes) is 1. The molecule has 0 radical (unpaired) electrons. The summed E-state index contributed by atoms with van der Waals surface area (Å²) in [6.45, 7) is 3.15. The number of anilines is 1. The Bertz CT molecular complexity index is 492. The average Bonchev–Trinajstić information content (AvgIpc) is 2.91. The molecule has 19 heavy (non-hydrogen) atoms. The van der Waals surface area contributed by atoms with Gasteiger partial charge in [0.2, 0.25) is 10.0 Å². The lowest BCUT2D eigenvalue weighted by Crippen LogP contribution is -2.16. The molecule has 1 fully saturated rings. The van der Waals surface area contributed by atoms with Gasteiger partial charge in [0.25, 0.3) is 0 Å². The number of rotatable bonds is 6. The molecule has 0 aromatic heterocycles. The minimum atomic E-state index is -3.24. The lowest BCUT2D eigenvalue weighted by atomic mass is 10.2. The van der Waals surface area contributed by atoms with Crippen molar-refractivity contribution in [1.82, 2.24) is 0 Å². The normalized spacial score (nSPS) is 16.7. The molecule has 1 aliphatic heterocycles. The second kappa shape index (κ2) is 6.36. The first-order chi connectivity index (χ1) is 9.11. The number of ether oxygens (including phenoxy) is 2. The minimum Gasteiger partial charge on any atom is -0.346 e. The molecule has 6 heteroatoms. The van der Waals surface area contributed by atoms with Gasteiger partial charge >= 0.3 is 0 Å². The van der Waals surface area contributed by atoms with Crippen molar-refractivity contribution >= 4 is 15.7 Å². The first-order valence-electron chi connectivity index (χ1n) is 6.44. The molecule has 2 rings (SSSR count). The smallest absolute Gasteiger partial charge is 0.232 e. The largest absolute Gasteiger partial charge is 0.346 e. The van der Waals surface area contributed by atoms with Crippen molar-refractivity contribution in [3.8, 4) is 0 Å². The van der Waals surface area contributed by atoms with E-state index in [1.54, 1.807) is 12.1 Å². The summed E-state index contributed by atoms with van der Waals surface area (Å²) in [5.41, 5.74) is 1.46. The van der Waals surface area contributed by atoms with E-state index in [9.17, 15) is 8.42 Å². The molecule has 1 aliphatic rings. The number of nitrogens with one attached hydrogen (secondary N) is 1. The summed E-state index contributed by atoms with van der Waals surface area (Å²) in [6.07, 6.45) is 1.19. The zero-order chi connectivity index (χ0) is 13.7. The third-order valence-corrected chi connectivity index (χ3v) is 4.22. The standard InChI is InChI=1S/C13H19NO4S/c1-2-3-10-19(15,16)14-12-6-4-11(5-7-12)13-17-8-9-18-13/h4-7,13-14H,2-3,8-10H2,1H3. The number of sulfonamides is 1. The number of benzene rings is 1. The first-order valence-corrected chi connectivity index (χ1v) is 8.09. The van der Waals surface area contributed by atoms with Crippen molar-refractivity contribution in [1.29, 1.82) is 0 Å². The van der Waals surface area contributed by atoms with Crippen molar-refractivity contribution < 1.29 is 17.9 Å². The van der Waals surface area contributed by atoms with Crippen molar-refractivity contribution in [2.24, 2.45) is 0 Å². The molecule has 1 aromatic carbocycles. The minimum absolute atomic E-state index is 0.153. The number of hydrogen-bond donors (Lipinski definition) is 1. The fraction of sp³-hybridized carbons (Fsp3) is 0.538. The summed E-state index contributed by atoms with van der Waals surface area (Å²) in [7, 11) is -3.24. The Hall–Kier alpha value is -1.11. The molecule has 1 aromatic rings. The lowest BCUT2D eigenvalue weighted by Gasteiger charge is -2.11. The van der Waals surface area contributed by atoms with Gasteiger partial charge in [-0.3, -0.25) is 4.72 Å². The zero-order valence-corrected chi connectivity index (χ0v) is 11.8. The van der Waals surface area contributed by atoms with Crippen LogP contribution in [0.1, 0.15) is 31.6 Å². The van der Waals surface area contributed by atoms with E-state index in [4.69, 9.17) is 9.47 Å². The second-order valence-corrected chi connectivity index (χ2v) is 6.31. The molecule has 0 spiro atoms. The predicted octanol–water partition coefficient (Wildman–Crippen LogP) is 2.27. The fourth-order valence-corrected chi connectivity index (χ4v) is 3.09. The summed E-state index contributed by atoms with van der Waals surface area (Å²) in [5.74, 6) is 0.153. The maximum Gasteiger partial charge on any atom is 0.232 e. The van der Waals surface area contributed by atoms with Crippen molar-refractivity contribution in [2.75, 3.05) is 23.7 Å². The van der Waals surface area contributed by atoms with E-state index in [1.165, 1.54) is 0 Å². The summed E-state index contributed by atoms with van der Waals surface area (Å²) in [4.78, 5) is 0. The topological polar surface area (TPSA) is 64.6 Å². The SMILES string of the molecule is CCCCS(=O)(=O)Nc1ccc(C2OCCO2)cc1. The molecule has 0 amide bonds. The van der Waals surface area contributed by atoms with Crippen LogP contribution in [-0.2, 0) is 19.5 Å². The first kappa shape index (κ1) is 14.3. The third kappa shape index (κ3) is 4.19. The summed E-state index contributed by atoms with van der Waals surface area (Å²) in [5, 5.41) is 0. The van der Waals surface area contributed by atoms with Crippen LogP contribution >= 0.6 is 0 Å². The molecule has 1 saturated heterocycles. The van der Waals surface area contributed by atoms with Crippen LogP contribution in [0.2, 0.25) is 0 Å². The van der Waals surface area contributed by atoms with Gasteiger partial charge in [-0.15, -0.1) is 0 Å². The Balaban J connectivity index is 1.98. The van der Waals surface area contributed by atoms with Crippen LogP contribution in [0.15, 0.2) is 24.3 Å². The zero-order valence-electron chi connectivity index (χ0n) is 11.0. The third-order valence-electron chi connectivity index (χ3n) is 2.84. The van der Waals surface area contributed by atoms with Gasteiger partial charge < -0.3 is 9.47 Å². The molecule has 0 unspecified atom stereocenters. The molecule has 0 atom stereocenters. The van der Waals surface area contributed by atoms with Gasteiger partial charge in [-0.2, -0.15) is 0 Å². The van der Waals surface area contributed by atoms with Gasteiger partial charge in [-0.05, 0) is 18.6 Å². The lowest BCUT2D eigenvalue weighted by molar-refractivity contribution is -0.0441. The van der Waals surface area contributed by atoms with Gasteiger partial charge in [0.15, 0.2) is 6.29 Å². The molecule has 0 aliphatic carbocycles. The van der Waals surface area contributed by atoms with Gasteiger partial charge in [0, 0.05) is 11.3 Å². The highest BCUT2D eigenvalue weighted by atomic mass is 32.2. The van der Waals surface area contributed by atoms with Crippen LogP contribution in [0.25, 0.3) is 0 Å². The van der Waals surface area contributed by atoms with E-state index in [0.29, 0.717) is 25.3 Å². The van der Waals surface area contributed by atoms with Crippen LogP contribution in [-0.4, -0.2) is 27.4 Å². The Kier molecular flexibility index (Phi) is 4.79. The Labute approximate surface area is 114 Å². The van der Waals surface area contributed by atoms with Crippen molar-refractivity contribution in [3.05, 3.63) is 29.8 Å². The van der Waals surface area contributed by atoms with Crippen LogP contribution in [0.3, 0.4) is 0 Å². The van der Waals surface area contributed by atoms with E-state index in [1.807, 2.05) is 19.1 Å². The quantitative estimate of drug-likeness (QED) is 0.871. The van der Waals surface area contributed by atoms with Crippen molar-refractivity contribution in [2.45, 2.75) is 26.1 Å². The Morgan fingerprint density at radius 3 is 2.42 bits per heavy atom. The van der Waals surface area contributed by atoms with Crippen LogP contribution in [0.4, 0.5) is 5.69 Å². The van der Waals surface area contributed by atoms with Gasteiger partial charge in [0.1, 0.15) is 0 Å². The van der Waals surface area contributed by atoms with Gasteiger partial charge in [-0.25, -0.2) is 8.42 Å². The molecular formula is C13H19NO4S. The van der Waals surface area contributed by atoms with Crippen LogP contribution < -0.4 is 4.72 Å². The van der Waals surface area contributed by atoms with E-state index in [-0.39, 0.29) is 12.0 Å². The van der Waals surface area contributed by atoms with Gasteiger partial charge in [0.05, 0.1) is 19.0 Å². The summed E-state index contributed by atoms with van der Waals surface area (Å²) >= 11 is 0. The Morgan fingerprint density at radius 1 is 1.21 bits per heavy atom. The van der Waals surface area contributed by atoms with E-state index in [2.05, 4.69) is 4.72 Å². The highest BCUT2D eigenvalue weighted by Gasteiger charge is 2.18. The van der Waals surface area contributed by atoms with Gasteiger partial charge in [-0.1, -0.05) is 25.5 Å². The van der Waals surface area contributed by atoms with E-state index in [0.717, 1.165) is 12.0 Å². The maximum atomic E-state index is 11.7. The highest BCUT2D eigenvalue weighted by molar-refractivity contribution is 7.92. The highest BCUT2D eigenvalue weighted by Crippen LogP contribution is 2.24. The van der Waals surface area contributed by atoms with Crippen LogP contribution in [0.5, 0.6) is 0 Å². The molecule has 0 saturated carbocycles. The fourth-order valence-electron chi connectivity index (χ4n) is 1.82. The molecule has 0 bridgehead atoms. The van der Waals surface area contributed by atoms with E-state index < -0.39 is 10.0 Å². The molecule has 5 nitrogen and oxygen atoms in total. The van der Waals surface area contributed by atoms with E-state index >= 15 is 0 Å². The average molecular weight is 285 g/mol. The monoisotopic (exact) mass is 285 g/mol. The predicted molar refractivity (Wildman–Crippen MR) is 73.4 cm³/mol. The molecular weight excluding hydrogens is 266 g/mol. The van der Waals surface area contributed by atoms with Crippen molar-refractivity contribution in [3.63, 3.8) is 0 Å². The summed E-state index contributed by atoms with van der Waals surface area (Å²) < 4.78 is 36.8. The summed E-state index contributed by atoms with van der Waals surface area (Å²) in [6, 6.07) is 7.08. The second-order valence-electron chi connectivity index (χ2n) is 4.47.